The number of hydrogen-bond acceptors (Lipinski definition) is 6. The van der Waals surface area contributed by atoms with Crippen LogP contribution in [-0.4, -0.2) is 69.2 Å². The van der Waals surface area contributed by atoms with Crippen molar-refractivity contribution in [2.24, 2.45) is 16.5 Å². The quantitative estimate of drug-likeness (QED) is 0.410. The van der Waals surface area contributed by atoms with Crippen molar-refractivity contribution in [2.75, 3.05) is 47.5 Å². The highest BCUT2D eigenvalue weighted by Crippen LogP contribution is 2.40. The largest absolute Gasteiger partial charge is 0.493 e. The van der Waals surface area contributed by atoms with Crippen LogP contribution >= 0.6 is 24.0 Å². The summed E-state index contributed by atoms with van der Waals surface area (Å²) >= 11 is 6.09. The van der Waals surface area contributed by atoms with E-state index in [1.807, 2.05) is 18.2 Å². The molecule has 0 spiro atoms. The smallest absolute Gasteiger partial charge is 0.280 e. The first kappa shape index (κ1) is 27.5. The number of nitrogens with zero attached hydrogens (tertiary/aromatic N) is 3. The highest BCUT2D eigenvalue weighted by atomic mass is 35.5. The van der Waals surface area contributed by atoms with Gasteiger partial charge in [-0.15, -0.1) is 12.4 Å². The molecule has 0 aliphatic carbocycles. The Labute approximate surface area is 211 Å². The van der Waals surface area contributed by atoms with Crippen molar-refractivity contribution < 1.29 is 19.0 Å². The molecule has 0 bridgehead atoms. The lowest BCUT2D eigenvalue weighted by Crippen LogP contribution is -2.45. The number of guanidine groups is 1. The van der Waals surface area contributed by atoms with E-state index in [9.17, 15) is 4.79 Å². The van der Waals surface area contributed by atoms with Gasteiger partial charge in [-0.3, -0.25) is 14.6 Å². The van der Waals surface area contributed by atoms with Gasteiger partial charge in [-0.2, -0.15) is 4.99 Å². The van der Waals surface area contributed by atoms with E-state index >= 15 is 0 Å². The van der Waals surface area contributed by atoms with Crippen molar-refractivity contribution in [1.29, 1.82) is 0 Å². The molecule has 2 aromatic rings. The first-order chi connectivity index (χ1) is 15.9. The number of carbonyl (C=O) groups excluding carboxylic acids is 1. The van der Waals surface area contributed by atoms with Crippen molar-refractivity contribution in [3.63, 3.8) is 0 Å². The number of nitrogens with two attached hydrogens (primary N) is 2. The number of amides is 1. The Bertz CT molecular complexity index is 1020. The summed E-state index contributed by atoms with van der Waals surface area (Å²) in [5.74, 6) is 1.15. The first-order valence-electron chi connectivity index (χ1n) is 10.5. The van der Waals surface area contributed by atoms with Crippen LogP contribution in [0.2, 0.25) is 5.02 Å². The van der Waals surface area contributed by atoms with E-state index in [0.717, 1.165) is 43.9 Å². The summed E-state index contributed by atoms with van der Waals surface area (Å²) in [6.07, 6.45) is 0. The summed E-state index contributed by atoms with van der Waals surface area (Å²) < 4.78 is 16.5. The summed E-state index contributed by atoms with van der Waals surface area (Å²) in [5, 5.41) is 0.460. The highest BCUT2D eigenvalue weighted by molar-refractivity contribution is 6.31. The normalized spacial score (nSPS) is 14.1. The molecule has 1 fully saturated rings. The molecular weight excluding hydrogens is 481 g/mol. The molecule has 3 rings (SSSR count). The van der Waals surface area contributed by atoms with Gasteiger partial charge in [-0.05, 0) is 23.8 Å². The molecule has 11 heteroatoms. The van der Waals surface area contributed by atoms with Gasteiger partial charge < -0.3 is 25.7 Å². The van der Waals surface area contributed by atoms with Crippen LogP contribution in [0.25, 0.3) is 0 Å². The number of benzene rings is 2. The fourth-order valence-electron chi connectivity index (χ4n) is 3.94. The summed E-state index contributed by atoms with van der Waals surface area (Å²) in [6.45, 7) is 4.74. The van der Waals surface area contributed by atoms with Crippen molar-refractivity contribution in [3.05, 3.63) is 52.0 Å². The Kier molecular flexibility index (Phi) is 10.2. The highest BCUT2D eigenvalue weighted by Gasteiger charge is 2.22. The summed E-state index contributed by atoms with van der Waals surface area (Å²) in [4.78, 5) is 20.7. The summed E-state index contributed by atoms with van der Waals surface area (Å²) in [7, 11) is 4.84. The van der Waals surface area contributed by atoms with E-state index < -0.39 is 5.91 Å². The lowest BCUT2D eigenvalue weighted by Gasteiger charge is -2.35. The molecule has 9 nitrogen and oxygen atoms in total. The number of ether oxygens (including phenoxy) is 3. The zero-order valence-electron chi connectivity index (χ0n) is 19.5. The van der Waals surface area contributed by atoms with Crippen LogP contribution in [0, 0.1) is 0 Å². The van der Waals surface area contributed by atoms with E-state index in [1.165, 1.54) is 0 Å². The van der Waals surface area contributed by atoms with Crippen LogP contribution in [0.15, 0.2) is 35.3 Å². The minimum atomic E-state index is -0.494. The molecule has 1 aliphatic rings. The molecule has 0 saturated carbocycles. The van der Waals surface area contributed by atoms with E-state index in [2.05, 4.69) is 14.8 Å². The second-order valence-corrected chi connectivity index (χ2v) is 8.13. The first-order valence-corrected chi connectivity index (χ1v) is 10.9. The molecule has 4 N–H and O–H groups in total. The number of rotatable bonds is 8. The Morgan fingerprint density at radius 1 is 0.912 bits per heavy atom. The molecule has 2 aromatic carbocycles. The molecule has 0 atom stereocenters. The Hall–Kier alpha value is -2.72. The molecule has 0 radical (unpaired) electrons. The monoisotopic (exact) mass is 511 g/mol. The molecule has 1 heterocycles. The van der Waals surface area contributed by atoms with Gasteiger partial charge in [0.1, 0.15) is 0 Å². The standard InChI is InChI=1S/C23H30ClN5O4.ClH/c1-31-19-7-5-16(20(32-2)21(19)33-3)14-29-10-8-28(9-11-29)13-15-4-6-17(24)12-18(15)22(30)27-23(25)26;/h4-7,12H,8-11,13-14H2,1-3H3,(H4,25,26,27,30);1H. The van der Waals surface area contributed by atoms with Crippen molar-refractivity contribution in [1.82, 2.24) is 9.80 Å². The van der Waals surface area contributed by atoms with E-state index in [1.54, 1.807) is 33.5 Å². The zero-order chi connectivity index (χ0) is 24.0. The van der Waals surface area contributed by atoms with Gasteiger partial charge in [-0.25, -0.2) is 0 Å². The second kappa shape index (κ2) is 12.7. The number of piperazine rings is 1. The average molecular weight is 512 g/mol. The van der Waals surface area contributed by atoms with Crippen LogP contribution in [0.1, 0.15) is 21.5 Å². The van der Waals surface area contributed by atoms with Crippen molar-refractivity contribution in [2.45, 2.75) is 13.1 Å². The topological polar surface area (TPSA) is 116 Å². The second-order valence-electron chi connectivity index (χ2n) is 7.69. The van der Waals surface area contributed by atoms with Gasteiger partial charge in [0, 0.05) is 55.4 Å². The van der Waals surface area contributed by atoms with Gasteiger partial charge in [0.05, 0.1) is 21.3 Å². The van der Waals surface area contributed by atoms with Gasteiger partial charge >= 0.3 is 0 Å². The van der Waals surface area contributed by atoms with Crippen LogP contribution < -0.4 is 25.7 Å². The Morgan fingerprint density at radius 2 is 1.47 bits per heavy atom. The predicted octanol–water partition coefficient (Wildman–Crippen LogP) is 2.52. The maximum atomic E-state index is 12.4. The van der Waals surface area contributed by atoms with E-state index in [4.69, 9.17) is 37.3 Å². The summed E-state index contributed by atoms with van der Waals surface area (Å²) in [5.41, 5.74) is 13.0. The van der Waals surface area contributed by atoms with Crippen LogP contribution in [0.5, 0.6) is 17.2 Å². The van der Waals surface area contributed by atoms with Crippen LogP contribution in [0.3, 0.4) is 0 Å². The molecule has 34 heavy (non-hydrogen) atoms. The third kappa shape index (κ3) is 6.66. The van der Waals surface area contributed by atoms with Crippen LogP contribution in [0.4, 0.5) is 0 Å². The Balaban J connectivity index is 0.00000408. The fraction of sp³-hybridized carbons (Fsp3) is 0.391. The molecule has 1 amide bonds. The molecule has 0 aromatic heterocycles. The fourth-order valence-corrected chi connectivity index (χ4v) is 4.11. The van der Waals surface area contributed by atoms with Gasteiger partial charge in [0.15, 0.2) is 17.5 Å². The lowest BCUT2D eigenvalue weighted by molar-refractivity contribution is 0.0996. The third-order valence-corrected chi connectivity index (χ3v) is 5.81. The maximum Gasteiger partial charge on any atom is 0.280 e. The molecule has 186 valence electrons. The van der Waals surface area contributed by atoms with E-state index in [-0.39, 0.29) is 18.4 Å². The lowest BCUT2D eigenvalue weighted by atomic mass is 10.1. The predicted molar refractivity (Wildman–Crippen MR) is 135 cm³/mol. The summed E-state index contributed by atoms with van der Waals surface area (Å²) in [6, 6.07) is 9.11. The molecule has 1 saturated heterocycles. The van der Waals surface area contributed by atoms with Gasteiger partial charge in [-0.1, -0.05) is 23.7 Å². The minimum absolute atomic E-state index is 0. The number of hydrogen-bond donors (Lipinski definition) is 2. The number of methoxy groups -OCH3 is 3. The maximum absolute atomic E-state index is 12.4. The van der Waals surface area contributed by atoms with Crippen molar-refractivity contribution >= 4 is 35.9 Å². The molecule has 1 aliphatic heterocycles. The third-order valence-electron chi connectivity index (χ3n) is 5.57. The number of carbonyl (C=O) groups is 1. The number of aliphatic imine (C=N–C) groups is 1. The molecular formula is C23H31Cl2N5O4. The average Bonchev–Trinajstić information content (AvgIpc) is 2.80. The molecule has 0 unspecified atom stereocenters. The Morgan fingerprint density at radius 3 is 2.00 bits per heavy atom. The SMILES string of the molecule is COc1ccc(CN2CCN(Cc3ccc(Cl)cc3C(=O)N=C(N)N)CC2)c(OC)c1OC.Cl. The van der Waals surface area contributed by atoms with Gasteiger partial charge in [0.25, 0.3) is 5.91 Å². The van der Waals surface area contributed by atoms with Gasteiger partial charge in [0.2, 0.25) is 5.75 Å². The number of halogens is 2. The van der Waals surface area contributed by atoms with Crippen LogP contribution in [-0.2, 0) is 13.1 Å². The van der Waals surface area contributed by atoms with E-state index in [0.29, 0.717) is 34.4 Å². The minimum Gasteiger partial charge on any atom is -0.493 e. The zero-order valence-corrected chi connectivity index (χ0v) is 21.1. The van der Waals surface area contributed by atoms with Crippen molar-refractivity contribution in [3.8, 4) is 17.2 Å².